The summed E-state index contributed by atoms with van der Waals surface area (Å²) in [5.74, 6) is 0. The summed E-state index contributed by atoms with van der Waals surface area (Å²) in [4.78, 5) is 0. The van der Waals surface area contributed by atoms with Crippen LogP contribution in [0.15, 0.2) is 485 Å². The highest BCUT2D eigenvalue weighted by atomic mass is 14.2. The van der Waals surface area contributed by atoms with Crippen LogP contribution in [0.2, 0.25) is 0 Å². The smallest absolute Gasteiger partial charge is 0.00143 e. The Morgan fingerprint density at radius 1 is 0.0859 bits per heavy atom. The molecule has 0 aromatic heterocycles. The van der Waals surface area contributed by atoms with Crippen molar-refractivity contribution in [3.05, 3.63) is 508 Å². The molecule has 26 aromatic carbocycles. The molecule has 0 atom stereocenters. The number of fused-ring (bicyclic) bond motifs is 16. The molecule has 604 valence electrons. The van der Waals surface area contributed by atoms with Crippen LogP contribution in [-0.2, 0) is 0 Å². The van der Waals surface area contributed by atoms with Gasteiger partial charge in [-0.05, 0) is 315 Å². The Morgan fingerprint density at radius 2 is 0.156 bits per heavy atom. The van der Waals surface area contributed by atoms with E-state index in [0.29, 0.717) is 0 Å². The molecule has 0 bridgehead atoms. The minimum absolute atomic E-state index is 1.29. The van der Waals surface area contributed by atoms with Crippen LogP contribution in [0.5, 0.6) is 0 Å². The molecule has 26 aromatic rings. The average Bonchev–Trinajstić information content (AvgIpc) is 0.746. The Hall–Kier alpha value is -16.1. The van der Waals surface area contributed by atoms with Gasteiger partial charge in [-0.25, -0.2) is 0 Å². The highest BCUT2D eigenvalue weighted by molar-refractivity contribution is 6.28. The van der Waals surface area contributed by atoms with Gasteiger partial charge in [0.1, 0.15) is 0 Å². The standard InChI is InChI=1S/4C28H18.2C8H10/c4*1-5-13-23-19(9-1)17-20-10-2-6-14-24(20)27(23)28-25-15-7-3-11-21(25)18-22-12-4-8-16-26(22)28;2*1-7-5-3-4-6-8(7)2/h4*1-18H;2*3-6H,1-2H3. The fourth-order valence-corrected chi connectivity index (χ4v) is 19.6. The van der Waals surface area contributed by atoms with E-state index < -0.39 is 0 Å². The van der Waals surface area contributed by atoms with E-state index in [1.54, 1.807) is 0 Å². The fourth-order valence-electron chi connectivity index (χ4n) is 19.6. The second-order valence-corrected chi connectivity index (χ2v) is 33.7. The third-order valence-corrected chi connectivity index (χ3v) is 26.0. The summed E-state index contributed by atoms with van der Waals surface area (Å²) in [6.45, 7) is 8.48. The molecule has 0 aliphatic heterocycles. The molecule has 0 unspecified atom stereocenters. The second-order valence-electron chi connectivity index (χ2n) is 33.7. The van der Waals surface area contributed by atoms with E-state index >= 15 is 0 Å². The molecule has 0 heterocycles. The summed E-state index contributed by atoms with van der Waals surface area (Å²) in [6, 6.07) is 175. The van der Waals surface area contributed by atoms with Gasteiger partial charge >= 0.3 is 0 Å². The van der Waals surface area contributed by atoms with Crippen molar-refractivity contribution in [3.8, 4) is 44.5 Å². The third kappa shape index (κ3) is 15.1. The van der Waals surface area contributed by atoms with Crippen LogP contribution < -0.4 is 0 Å². The van der Waals surface area contributed by atoms with E-state index in [-0.39, 0.29) is 0 Å². The summed E-state index contributed by atoms with van der Waals surface area (Å²) in [6.07, 6.45) is 0. The molecule has 0 N–H and O–H groups in total. The topological polar surface area (TPSA) is 0 Å². The first-order valence-electron chi connectivity index (χ1n) is 44.5. The molecule has 0 spiro atoms. The van der Waals surface area contributed by atoms with Gasteiger partial charge in [-0.3, -0.25) is 0 Å². The maximum absolute atomic E-state index is 2.31. The van der Waals surface area contributed by atoms with Gasteiger partial charge < -0.3 is 0 Å². The van der Waals surface area contributed by atoms with Crippen LogP contribution in [0.3, 0.4) is 0 Å². The van der Waals surface area contributed by atoms with Gasteiger partial charge in [0.15, 0.2) is 0 Å². The molecular weight excluding hydrogens is 1540 g/mol. The zero-order chi connectivity index (χ0) is 86.0. The van der Waals surface area contributed by atoms with E-state index in [9.17, 15) is 0 Å². The van der Waals surface area contributed by atoms with E-state index in [2.05, 4.69) is 513 Å². The Labute approximate surface area is 746 Å². The molecular formula is C128H92. The van der Waals surface area contributed by atoms with Gasteiger partial charge in [0, 0.05) is 0 Å². The lowest BCUT2D eigenvalue weighted by Crippen LogP contribution is -1.89. The minimum atomic E-state index is 1.29. The van der Waals surface area contributed by atoms with Crippen LogP contribution in [0.4, 0.5) is 0 Å². The molecule has 0 fully saturated rings. The lowest BCUT2D eigenvalue weighted by atomic mass is 9.86. The SMILES string of the molecule is Cc1ccccc1C.Cc1ccccc1C.c1ccc2c(-c3c4ccccc4cc4ccccc34)c3ccccc3cc2c1.c1ccc2c(-c3c4ccccc4cc4ccccc34)c3ccccc3cc2c1.c1ccc2c(-c3c4ccccc4cc4ccccc34)c3ccccc3cc2c1.c1ccc2c(-c3c4ccccc4cc4ccccc34)c3ccccc3cc2c1. The van der Waals surface area contributed by atoms with E-state index in [0.717, 1.165) is 0 Å². The zero-order valence-corrected chi connectivity index (χ0v) is 72.2. The molecule has 0 radical (unpaired) electrons. The fraction of sp³-hybridized carbons (Fsp3) is 0.0312. The van der Waals surface area contributed by atoms with Crippen molar-refractivity contribution in [2.45, 2.75) is 27.7 Å². The molecule has 0 amide bonds. The Bertz CT molecular complexity index is 6840. The van der Waals surface area contributed by atoms with Crippen molar-refractivity contribution < 1.29 is 0 Å². The minimum Gasteiger partial charge on any atom is -0.0620 e. The van der Waals surface area contributed by atoms with Crippen LogP contribution in [0, 0.1) is 27.7 Å². The highest BCUT2D eigenvalue weighted by Crippen LogP contribution is 2.49. The lowest BCUT2D eigenvalue weighted by Gasteiger charge is -2.17. The van der Waals surface area contributed by atoms with E-state index in [1.165, 1.54) is 239 Å². The highest BCUT2D eigenvalue weighted by Gasteiger charge is 2.22. The molecule has 26 rings (SSSR count). The maximum atomic E-state index is 2.31. The Balaban J connectivity index is 0.0000000978. The van der Waals surface area contributed by atoms with Gasteiger partial charge in [0.2, 0.25) is 0 Å². The predicted octanol–water partition coefficient (Wildman–Crippen LogP) is 36.5. The third-order valence-electron chi connectivity index (χ3n) is 26.0. The van der Waals surface area contributed by atoms with Crippen molar-refractivity contribution >= 4 is 172 Å². The van der Waals surface area contributed by atoms with Gasteiger partial charge in [-0.1, -0.05) is 437 Å². The van der Waals surface area contributed by atoms with E-state index in [4.69, 9.17) is 0 Å². The van der Waals surface area contributed by atoms with Gasteiger partial charge in [0.05, 0.1) is 0 Å². The molecule has 128 heavy (non-hydrogen) atoms. The zero-order valence-electron chi connectivity index (χ0n) is 72.2. The molecule has 0 saturated carbocycles. The van der Waals surface area contributed by atoms with Gasteiger partial charge in [0.25, 0.3) is 0 Å². The summed E-state index contributed by atoms with van der Waals surface area (Å²) in [5.41, 5.74) is 16.2. The number of benzene rings is 26. The lowest BCUT2D eigenvalue weighted by molar-refractivity contribution is 1.34. The summed E-state index contributed by atoms with van der Waals surface area (Å²) in [5, 5.41) is 41.5. The number of rotatable bonds is 4. The summed E-state index contributed by atoms with van der Waals surface area (Å²) >= 11 is 0. The second kappa shape index (κ2) is 34.9. The Morgan fingerprint density at radius 3 is 0.234 bits per heavy atom. The van der Waals surface area contributed by atoms with Crippen LogP contribution in [0.1, 0.15) is 22.3 Å². The van der Waals surface area contributed by atoms with E-state index in [1.807, 2.05) is 0 Å². The van der Waals surface area contributed by atoms with Crippen LogP contribution in [-0.4, -0.2) is 0 Å². The first kappa shape index (κ1) is 79.1. The average molecular weight is 1630 g/mol. The largest absolute Gasteiger partial charge is 0.0620 e. The molecule has 0 nitrogen and oxygen atoms in total. The number of hydrogen-bond acceptors (Lipinski definition) is 0. The van der Waals surface area contributed by atoms with Crippen molar-refractivity contribution in [1.29, 1.82) is 0 Å². The van der Waals surface area contributed by atoms with Crippen molar-refractivity contribution in [2.24, 2.45) is 0 Å². The van der Waals surface area contributed by atoms with Crippen LogP contribution in [0.25, 0.3) is 217 Å². The molecule has 0 aliphatic rings. The number of aryl methyl sites for hydroxylation is 4. The predicted molar refractivity (Wildman–Crippen MR) is 559 cm³/mol. The first-order valence-corrected chi connectivity index (χ1v) is 44.5. The summed E-state index contributed by atoms with van der Waals surface area (Å²) < 4.78 is 0. The monoisotopic (exact) mass is 1630 g/mol. The quantitative estimate of drug-likeness (QED) is 0.154. The van der Waals surface area contributed by atoms with Gasteiger partial charge in [-0.2, -0.15) is 0 Å². The van der Waals surface area contributed by atoms with Crippen LogP contribution >= 0.6 is 0 Å². The van der Waals surface area contributed by atoms with Crippen molar-refractivity contribution in [3.63, 3.8) is 0 Å². The molecule has 0 saturated heterocycles. The van der Waals surface area contributed by atoms with Crippen molar-refractivity contribution in [1.82, 2.24) is 0 Å². The van der Waals surface area contributed by atoms with Crippen molar-refractivity contribution in [2.75, 3.05) is 0 Å². The van der Waals surface area contributed by atoms with Gasteiger partial charge in [-0.15, -0.1) is 0 Å². The molecule has 0 aliphatic carbocycles. The number of hydrogen-bond donors (Lipinski definition) is 0. The first-order chi connectivity index (χ1) is 63.2. The normalized spacial score (nSPS) is 11.3. The summed E-state index contributed by atoms with van der Waals surface area (Å²) in [7, 11) is 0. The molecule has 0 heteroatoms. The maximum Gasteiger partial charge on any atom is -0.00143 e. The Kier molecular flexibility index (Phi) is 21.6.